The van der Waals surface area contributed by atoms with Gasteiger partial charge in [0, 0.05) is 22.8 Å². The SMILES string of the molecule is CSCCC(NC(=O)c1ccco1)C(=O)Nc1ccc(-c2nccs2)cc1. The number of thiazole rings is 1. The highest BCUT2D eigenvalue weighted by Gasteiger charge is 2.22. The molecule has 1 unspecified atom stereocenters. The van der Waals surface area contributed by atoms with Crippen LogP contribution in [0.25, 0.3) is 10.6 Å². The number of hydrogen-bond acceptors (Lipinski definition) is 6. The molecule has 6 nitrogen and oxygen atoms in total. The van der Waals surface area contributed by atoms with Crippen LogP contribution in [0.15, 0.2) is 58.7 Å². The van der Waals surface area contributed by atoms with Gasteiger partial charge in [0.25, 0.3) is 5.91 Å². The van der Waals surface area contributed by atoms with Crippen LogP contribution in [0.5, 0.6) is 0 Å². The van der Waals surface area contributed by atoms with Gasteiger partial charge < -0.3 is 15.1 Å². The average Bonchev–Trinajstić information content (AvgIpc) is 3.39. The smallest absolute Gasteiger partial charge is 0.287 e. The van der Waals surface area contributed by atoms with Crippen molar-refractivity contribution >= 4 is 40.6 Å². The summed E-state index contributed by atoms with van der Waals surface area (Å²) in [6, 6.07) is 10.0. The molecule has 0 aliphatic rings. The van der Waals surface area contributed by atoms with Crippen LogP contribution in [0, 0.1) is 0 Å². The molecular weight excluding hydrogens is 382 g/mol. The van der Waals surface area contributed by atoms with Gasteiger partial charge in [0.2, 0.25) is 5.91 Å². The van der Waals surface area contributed by atoms with Crippen molar-refractivity contribution in [1.82, 2.24) is 10.3 Å². The summed E-state index contributed by atoms with van der Waals surface area (Å²) in [5.74, 6) is 0.274. The van der Waals surface area contributed by atoms with E-state index >= 15 is 0 Å². The zero-order chi connectivity index (χ0) is 19.1. The Labute approximate surface area is 165 Å². The number of thioether (sulfide) groups is 1. The maximum absolute atomic E-state index is 12.7. The molecule has 0 aliphatic heterocycles. The lowest BCUT2D eigenvalue weighted by Crippen LogP contribution is -2.44. The number of aromatic nitrogens is 1. The molecule has 0 saturated heterocycles. The molecule has 0 bridgehead atoms. The highest BCUT2D eigenvalue weighted by Crippen LogP contribution is 2.23. The number of carbonyl (C=O) groups excluding carboxylic acids is 2. The van der Waals surface area contributed by atoms with Crippen LogP contribution in [-0.4, -0.2) is 34.8 Å². The van der Waals surface area contributed by atoms with Crippen LogP contribution in [0.4, 0.5) is 5.69 Å². The fourth-order valence-corrected chi connectivity index (χ4v) is 3.55. The van der Waals surface area contributed by atoms with Crippen LogP contribution < -0.4 is 10.6 Å². The minimum atomic E-state index is -0.645. The molecule has 140 valence electrons. The first kappa shape index (κ1) is 19.2. The molecule has 1 aromatic carbocycles. The Morgan fingerprint density at radius 2 is 2.07 bits per heavy atom. The van der Waals surface area contributed by atoms with Gasteiger partial charge >= 0.3 is 0 Å². The number of nitrogens with one attached hydrogen (secondary N) is 2. The predicted octanol–water partition coefficient (Wildman–Crippen LogP) is 3.89. The van der Waals surface area contributed by atoms with Gasteiger partial charge in [-0.05, 0) is 54.8 Å². The first-order chi connectivity index (χ1) is 13.2. The van der Waals surface area contributed by atoms with E-state index in [1.54, 1.807) is 41.4 Å². The van der Waals surface area contributed by atoms with Gasteiger partial charge in [0.1, 0.15) is 11.0 Å². The van der Waals surface area contributed by atoms with E-state index in [4.69, 9.17) is 4.42 Å². The first-order valence-corrected chi connectivity index (χ1v) is 10.6. The third kappa shape index (κ3) is 5.21. The first-order valence-electron chi connectivity index (χ1n) is 8.31. The van der Waals surface area contributed by atoms with Crippen LogP contribution in [0.3, 0.4) is 0 Å². The topological polar surface area (TPSA) is 84.2 Å². The van der Waals surface area contributed by atoms with E-state index in [1.807, 2.05) is 35.9 Å². The molecule has 0 fully saturated rings. The highest BCUT2D eigenvalue weighted by atomic mass is 32.2. The minimum Gasteiger partial charge on any atom is -0.459 e. The van der Waals surface area contributed by atoms with Gasteiger partial charge in [-0.1, -0.05) is 0 Å². The van der Waals surface area contributed by atoms with Crippen LogP contribution in [-0.2, 0) is 4.79 Å². The molecule has 2 heterocycles. The second-order valence-corrected chi connectivity index (χ2v) is 7.57. The van der Waals surface area contributed by atoms with E-state index in [1.165, 1.54) is 6.26 Å². The molecule has 2 N–H and O–H groups in total. The minimum absolute atomic E-state index is 0.185. The van der Waals surface area contributed by atoms with Crippen LogP contribution >= 0.6 is 23.1 Å². The summed E-state index contributed by atoms with van der Waals surface area (Å²) in [7, 11) is 0. The molecule has 27 heavy (non-hydrogen) atoms. The molecule has 3 aromatic rings. The maximum atomic E-state index is 12.7. The maximum Gasteiger partial charge on any atom is 0.287 e. The molecule has 1 atom stereocenters. The molecule has 0 saturated carbocycles. The Morgan fingerprint density at radius 1 is 1.26 bits per heavy atom. The van der Waals surface area contributed by atoms with Crippen molar-refractivity contribution in [3.8, 4) is 10.6 Å². The summed E-state index contributed by atoms with van der Waals surface area (Å²) < 4.78 is 5.09. The van der Waals surface area contributed by atoms with Crippen LogP contribution in [0.1, 0.15) is 17.0 Å². The van der Waals surface area contributed by atoms with Gasteiger partial charge in [-0.15, -0.1) is 11.3 Å². The number of furan rings is 1. The van der Waals surface area contributed by atoms with Crippen LogP contribution in [0.2, 0.25) is 0 Å². The lowest BCUT2D eigenvalue weighted by atomic mass is 10.1. The Morgan fingerprint density at radius 3 is 2.70 bits per heavy atom. The molecule has 2 amide bonds. The van der Waals surface area contributed by atoms with E-state index < -0.39 is 11.9 Å². The zero-order valence-corrected chi connectivity index (χ0v) is 16.3. The third-order valence-corrected chi connectivity index (χ3v) is 5.28. The Bertz CT molecular complexity index is 862. The predicted molar refractivity (Wildman–Crippen MR) is 109 cm³/mol. The standard InChI is InChI=1S/C19H19N3O3S2/c1-26-11-8-15(22-18(24)16-3-2-10-25-16)17(23)21-14-6-4-13(5-7-14)19-20-9-12-27-19/h2-7,9-10,12,15H,8,11H2,1H3,(H,21,23)(H,22,24). The Kier molecular flexibility index (Phi) is 6.67. The summed E-state index contributed by atoms with van der Waals surface area (Å²) >= 11 is 3.18. The molecule has 3 rings (SSSR count). The molecule has 8 heteroatoms. The Hall–Kier alpha value is -2.58. The van der Waals surface area contributed by atoms with Gasteiger partial charge in [0.05, 0.1) is 6.26 Å². The van der Waals surface area contributed by atoms with E-state index in [9.17, 15) is 9.59 Å². The van der Waals surface area contributed by atoms with Crippen molar-refractivity contribution in [3.05, 3.63) is 60.0 Å². The lowest BCUT2D eigenvalue weighted by molar-refractivity contribution is -0.118. The van der Waals surface area contributed by atoms with E-state index in [2.05, 4.69) is 15.6 Å². The van der Waals surface area contributed by atoms with E-state index in [0.717, 1.165) is 16.3 Å². The highest BCUT2D eigenvalue weighted by molar-refractivity contribution is 7.98. The van der Waals surface area contributed by atoms with Gasteiger partial charge in [-0.2, -0.15) is 11.8 Å². The third-order valence-electron chi connectivity index (χ3n) is 3.81. The second-order valence-electron chi connectivity index (χ2n) is 5.69. The molecule has 2 aromatic heterocycles. The van der Waals surface area contributed by atoms with Crippen molar-refractivity contribution < 1.29 is 14.0 Å². The number of hydrogen-bond donors (Lipinski definition) is 2. The number of nitrogens with zero attached hydrogens (tertiary/aromatic N) is 1. The monoisotopic (exact) mass is 401 g/mol. The van der Waals surface area contributed by atoms with Crippen molar-refractivity contribution in [2.75, 3.05) is 17.3 Å². The quantitative estimate of drug-likeness (QED) is 0.598. The van der Waals surface area contributed by atoms with Gasteiger partial charge in [0.15, 0.2) is 5.76 Å². The molecule has 0 aliphatic carbocycles. The van der Waals surface area contributed by atoms with E-state index in [0.29, 0.717) is 12.1 Å². The van der Waals surface area contributed by atoms with Crippen molar-refractivity contribution in [2.45, 2.75) is 12.5 Å². The van der Waals surface area contributed by atoms with E-state index in [-0.39, 0.29) is 11.7 Å². The van der Waals surface area contributed by atoms with Crippen molar-refractivity contribution in [1.29, 1.82) is 0 Å². The lowest BCUT2D eigenvalue weighted by Gasteiger charge is -2.17. The number of anilines is 1. The number of carbonyl (C=O) groups is 2. The number of benzene rings is 1. The summed E-state index contributed by atoms with van der Waals surface area (Å²) in [5, 5.41) is 8.45. The summed E-state index contributed by atoms with van der Waals surface area (Å²) in [6.45, 7) is 0. The van der Waals surface area contributed by atoms with Gasteiger partial charge in [-0.25, -0.2) is 4.98 Å². The summed E-state index contributed by atoms with van der Waals surface area (Å²) in [5.41, 5.74) is 1.66. The fourth-order valence-electron chi connectivity index (χ4n) is 2.43. The molecular formula is C19H19N3O3S2. The summed E-state index contributed by atoms with van der Waals surface area (Å²) in [6.07, 6.45) is 5.67. The van der Waals surface area contributed by atoms with Crippen molar-refractivity contribution in [3.63, 3.8) is 0 Å². The number of amides is 2. The average molecular weight is 402 g/mol. The molecule has 0 radical (unpaired) electrons. The second kappa shape index (κ2) is 9.38. The van der Waals surface area contributed by atoms with Gasteiger partial charge in [-0.3, -0.25) is 9.59 Å². The largest absolute Gasteiger partial charge is 0.459 e. The van der Waals surface area contributed by atoms with Crippen molar-refractivity contribution in [2.24, 2.45) is 0 Å². The zero-order valence-electron chi connectivity index (χ0n) is 14.7. The number of rotatable bonds is 8. The molecule has 0 spiro atoms. The summed E-state index contributed by atoms with van der Waals surface area (Å²) in [4.78, 5) is 29.1. The normalized spacial score (nSPS) is 11.7. The Balaban J connectivity index is 1.65. The fraction of sp³-hybridized carbons (Fsp3) is 0.211.